The molecule has 1 N–H and O–H groups in total. The minimum atomic E-state index is -1.00. The van der Waals surface area contributed by atoms with Crippen LogP contribution in [0.15, 0.2) is 42.6 Å². The third kappa shape index (κ3) is 7.31. The predicted molar refractivity (Wildman–Crippen MR) is 121 cm³/mol. The van der Waals surface area contributed by atoms with Crippen LogP contribution in [0.3, 0.4) is 0 Å². The number of hydrogen-bond donors (Lipinski definition) is 1. The molecule has 188 valence electrons. The van der Waals surface area contributed by atoms with E-state index in [9.17, 15) is 14.4 Å². The van der Waals surface area contributed by atoms with Crippen LogP contribution in [0.25, 0.3) is 0 Å². The number of para-hydroxylation sites is 1. The highest BCUT2D eigenvalue weighted by Gasteiger charge is 2.32. The summed E-state index contributed by atoms with van der Waals surface area (Å²) in [4.78, 5) is 41.0. The average Bonchev–Trinajstić information content (AvgIpc) is 2.90. The van der Waals surface area contributed by atoms with E-state index < -0.39 is 42.9 Å². The van der Waals surface area contributed by atoms with E-state index >= 15 is 0 Å². The van der Waals surface area contributed by atoms with E-state index in [1.807, 2.05) is 18.2 Å². The van der Waals surface area contributed by atoms with Gasteiger partial charge in [-0.25, -0.2) is 9.78 Å². The smallest absolute Gasteiger partial charge is 0.329 e. The van der Waals surface area contributed by atoms with Gasteiger partial charge in [-0.05, 0) is 19.1 Å². The number of benzene rings is 1. The summed E-state index contributed by atoms with van der Waals surface area (Å²) in [5.41, 5.74) is -0.150. The van der Waals surface area contributed by atoms with E-state index in [0.29, 0.717) is 5.75 Å². The summed E-state index contributed by atoms with van der Waals surface area (Å²) in [6.45, 7) is 2.86. The van der Waals surface area contributed by atoms with Crippen LogP contribution in [0.4, 0.5) is 0 Å². The number of ether oxygens (including phenoxy) is 6. The van der Waals surface area contributed by atoms with Gasteiger partial charge in [0.1, 0.15) is 17.9 Å². The van der Waals surface area contributed by atoms with Gasteiger partial charge in [-0.2, -0.15) is 0 Å². The minimum Gasteiger partial charge on any atom is -0.493 e. The zero-order valence-electron chi connectivity index (χ0n) is 19.7. The SMILES string of the molecule is COc1ccnc(C(=O)N[C@H]2CCOC[C@@H](Oc3ccccc3)[C@H](C)OC2=O)c1OCOC(C)=O. The van der Waals surface area contributed by atoms with E-state index in [2.05, 4.69) is 10.3 Å². The number of nitrogens with zero attached hydrogens (tertiary/aromatic N) is 1. The number of carbonyl (C=O) groups is 3. The van der Waals surface area contributed by atoms with Crippen molar-refractivity contribution < 1.29 is 42.8 Å². The zero-order chi connectivity index (χ0) is 25.2. The molecule has 11 nitrogen and oxygen atoms in total. The maximum atomic E-state index is 13.0. The molecule has 1 fully saturated rings. The van der Waals surface area contributed by atoms with Crippen molar-refractivity contribution in [1.29, 1.82) is 0 Å². The first-order chi connectivity index (χ1) is 16.9. The Morgan fingerprint density at radius 1 is 1.20 bits per heavy atom. The first-order valence-electron chi connectivity index (χ1n) is 11.0. The molecule has 2 heterocycles. The Morgan fingerprint density at radius 3 is 2.69 bits per heavy atom. The van der Waals surface area contributed by atoms with Gasteiger partial charge in [0.15, 0.2) is 23.3 Å². The van der Waals surface area contributed by atoms with E-state index in [1.165, 1.54) is 26.3 Å². The van der Waals surface area contributed by atoms with Gasteiger partial charge in [0, 0.05) is 32.2 Å². The molecule has 0 unspecified atom stereocenters. The molecule has 3 atom stereocenters. The number of hydrogen-bond acceptors (Lipinski definition) is 10. The van der Waals surface area contributed by atoms with Gasteiger partial charge in [-0.3, -0.25) is 9.59 Å². The van der Waals surface area contributed by atoms with Gasteiger partial charge < -0.3 is 33.7 Å². The second kappa shape index (κ2) is 12.6. The Morgan fingerprint density at radius 2 is 1.97 bits per heavy atom. The molecule has 1 saturated heterocycles. The van der Waals surface area contributed by atoms with Crippen molar-refractivity contribution in [3.63, 3.8) is 0 Å². The first kappa shape index (κ1) is 25.8. The number of esters is 2. The molecule has 0 spiro atoms. The first-order valence-corrected chi connectivity index (χ1v) is 11.0. The van der Waals surface area contributed by atoms with E-state index in [-0.39, 0.29) is 36.8 Å². The third-order valence-electron chi connectivity index (χ3n) is 5.05. The fraction of sp³-hybridized carbons (Fsp3) is 0.417. The molecule has 1 aromatic carbocycles. The molecule has 35 heavy (non-hydrogen) atoms. The van der Waals surface area contributed by atoms with Crippen molar-refractivity contribution in [3.05, 3.63) is 48.3 Å². The fourth-order valence-electron chi connectivity index (χ4n) is 3.22. The zero-order valence-corrected chi connectivity index (χ0v) is 19.7. The lowest BCUT2D eigenvalue weighted by Crippen LogP contribution is -2.45. The third-order valence-corrected chi connectivity index (χ3v) is 5.05. The molecule has 2 aromatic rings. The van der Waals surface area contributed by atoms with Gasteiger partial charge in [0.2, 0.25) is 6.79 Å². The summed E-state index contributed by atoms with van der Waals surface area (Å²) in [5.74, 6) is -1.11. The maximum Gasteiger partial charge on any atom is 0.329 e. The van der Waals surface area contributed by atoms with Crippen LogP contribution in [0.5, 0.6) is 17.2 Å². The number of cyclic esters (lactones) is 1. The van der Waals surface area contributed by atoms with E-state index in [1.54, 1.807) is 19.1 Å². The summed E-state index contributed by atoms with van der Waals surface area (Å²) in [5, 5.41) is 2.62. The molecule has 1 amide bonds. The second-order valence-electron chi connectivity index (χ2n) is 7.59. The van der Waals surface area contributed by atoms with Gasteiger partial charge in [-0.1, -0.05) is 18.2 Å². The molecule has 1 aliphatic rings. The van der Waals surface area contributed by atoms with Crippen LogP contribution < -0.4 is 19.5 Å². The van der Waals surface area contributed by atoms with Gasteiger partial charge in [0.05, 0.1) is 13.7 Å². The Labute approximate surface area is 202 Å². The lowest BCUT2D eigenvalue weighted by molar-refractivity contribution is -0.155. The maximum absolute atomic E-state index is 13.0. The van der Waals surface area contributed by atoms with Crippen molar-refractivity contribution in [2.24, 2.45) is 0 Å². The number of rotatable bonds is 8. The number of methoxy groups -OCH3 is 1. The summed E-state index contributed by atoms with van der Waals surface area (Å²) in [6.07, 6.45) is 0.350. The average molecular weight is 488 g/mol. The standard InChI is InChI=1S/C24H28N2O9/c1-15-20(35-17-7-5-4-6-8-17)13-31-12-10-18(24(29)34-15)26-23(28)21-22(33-14-32-16(2)27)19(30-3)9-11-25-21/h4-9,11,15,18,20H,10,12-14H2,1-3H3,(H,26,28)/t15-,18-,20+/m0/s1. The summed E-state index contributed by atoms with van der Waals surface area (Å²) >= 11 is 0. The van der Waals surface area contributed by atoms with Crippen molar-refractivity contribution in [1.82, 2.24) is 10.3 Å². The molecule has 1 aliphatic heterocycles. The van der Waals surface area contributed by atoms with Crippen LogP contribution >= 0.6 is 0 Å². The van der Waals surface area contributed by atoms with Gasteiger partial charge in [-0.15, -0.1) is 0 Å². The predicted octanol–water partition coefficient (Wildman–Crippen LogP) is 1.89. The molecule has 0 saturated carbocycles. The molecule has 1 aromatic heterocycles. The van der Waals surface area contributed by atoms with Crippen LogP contribution in [-0.2, 0) is 23.8 Å². The largest absolute Gasteiger partial charge is 0.493 e. The van der Waals surface area contributed by atoms with Crippen molar-refractivity contribution >= 4 is 17.8 Å². The Bertz CT molecular complexity index is 1020. The number of nitrogens with one attached hydrogen (secondary N) is 1. The quantitative estimate of drug-likeness (QED) is 0.434. The van der Waals surface area contributed by atoms with Crippen molar-refractivity contribution in [2.45, 2.75) is 38.5 Å². The van der Waals surface area contributed by atoms with E-state index in [4.69, 9.17) is 28.4 Å². The molecule has 0 aliphatic carbocycles. The van der Waals surface area contributed by atoms with Crippen LogP contribution in [0.2, 0.25) is 0 Å². The highest BCUT2D eigenvalue weighted by atomic mass is 16.7. The molecule has 0 radical (unpaired) electrons. The monoisotopic (exact) mass is 488 g/mol. The highest BCUT2D eigenvalue weighted by Crippen LogP contribution is 2.29. The van der Waals surface area contributed by atoms with Crippen LogP contribution in [0, 0.1) is 0 Å². The highest BCUT2D eigenvalue weighted by molar-refractivity contribution is 5.98. The molecule has 11 heteroatoms. The van der Waals surface area contributed by atoms with Crippen LogP contribution in [-0.4, -0.2) is 68.2 Å². The normalized spacial score (nSPS) is 20.3. The summed E-state index contributed by atoms with van der Waals surface area (Å²) < 4.78 is 32.6. The second-order valence-corrected chi connectivity index (χ2v) is 7.59. The Balaban J connectivity index is 1.70. The van der Waals surface area contributed by atoms with Gasteiger partial charge >= 0.3 is 11.9 Å². The van der Waals surface area contributed by atoms with E-state index in [0.717, 1.165) is 0 Å². The van der Waals surface area contributed by atoms with Crippen molar-refractivity contribution in [2.75, 3.05) is 27.1 Å². The fourth-order valence-corrected chi connectivity index (χ4v) is 3.22. The number of aromatic nitrogens is 1. The lowest BCUT2D eigenvalue weighted by atomic mass is 10.2. The molecular formula is C24H28N2O9. The summed E-state index contributed by atoms with van der Waals surface area (Å²) in [7, 11) is 1.39. The minimum absolute atomic E-state index is 0.0360. The Hall–Kier alpha value is -3.86. The topological polar surface area (TPSA) is 132 Å². The van der Waals surface area contributed by atoms with Crippen molar-refractivity contribution in [3.8, 4) is 17.2 Å². The van der Waals surface area contributed by atoms with Gasteiger partial charge in [0.25, 0.3) is 5.91 Å². The molecular weight excluding hydrogens is 460 g/mol. The lowest BCUT2D eigenvalue weighted by Gasteiger charge is -2.25. The molecule has 0 bridgehead atoms. The Kier molecular flexibility index (Phi) is 9.24. The number of carbonyl (C=O) groups excluding carboxylic acids is 3. The molecule has 3 rings (SSSR count). The number of pyridine rings is 1. The summed E-state index contributed by atoms with van der Waals surface area (Å²) in [6, 6.07) is 9.62. The number of amides is 1. The van der Waals surface area contributed by atoms with Crippen LogP contribution in [0.1, 0.15) is 30.8 Å².